The monoisotopic (exact) mass is 249 g/mol. The highest BCUT2D eigenvalue weighted by Crippen LogP contribution is 2.21. The summed E-state index contributed by atoms with van der Waals surface area (Å²) in [5.41, 5.74) is 7.80. The van der Waals surface area contributed by atoms with Gasteiger partial charge in [-0.1, -0.05) is 0 Å². The number of nitrogen functional groups attached to an aromatic ring is 1. The number of hydrogen-bond acceptors (Lipinski definition) is 4. The Bertz CT molecular complexity index is 428. The van der Waals surface area contributed by atoms with Crippen LogP contribution in [0.25, 0.3) is 0 Å². The van der Waals surface area contributed by atoms with Gasteiger partial charge < -0.3 is 21.1 Å². The molecule has 1 aliphatic heterocycles. The number of rotatable bonds is 4. The molecule has 1 amide bonds. The third-order valence-corrected chi connectivity index (χ3v) is 3.12. The summed E-state index contributed by atoms with van der Waals surface area (Å²) in [6.07, 6.45) is 1.06. The Kier molecular flexibility index (Phi) is 4.04. The minimum atomic E-state index is -0.111. The number of ether oxygens (including phenoxy) is 1. The highest BCUT2D eigenvalue weighted by Gasteiger charge is 2.16. The fourth-order valence-electron chi connectivity index (χ4n) is 2.04. The third-order valence-electron chi connectivity index (χ3n) is 3.12. The zero-order valence-corrected chi connectivity index (χ0v) is 10.5. The molecular weight excluding hydrogens is 230 g/mol. The lowest BCUT2D eigenvalue weighted by Gasteiger charge is -2.14. The second-order valence-electron chi connectivity index (χ2n) is 4.49. The van der Waals surface area contributed by atoms with Crippen molar-refractivity contribution in [3.63, 3.8) is 0 Å². The van der Waals surface area contributed by atoms with Crippen molar-refractivity contribution < 1.29 is 9.53 Å². The molecule has 1 aromatic rings. The van der Waals surface area contributed by atoms with E-state index in [0.717, 1.165) is 31.9 Å². The first kappa shape index (κ1) is 12.7. The molecule has 18 heavy (non-hydrogen) atoms. The number of carbonyl (C=O) groups excluding carboxylic acids is 1. The summed E-state index contributed by atoms with van der Waals surface area (Å²) in [5, 5.41) is 5.92. The average molecular weight is 249 g/mol. The van der Waals surface area contributed by atoms with Crippen molar-refractivity contribution >= 4 is 17.3 Å². The second-order valence-corrected chi connectivity index (χ2v) is 4.49. The summed E-state index contributed by atoms with van der Waals surface area (Å²) in [6.45, 7) is 2.41. The predicted molar refractivity (Wildman–Crippen MR) is 71.7 cm³/mol. The maximum atomic E-state index is 11.7. The standard InChI is InChI=1S/C13H19N3O2/c1-15-13(17)11-3-2-10(14)6-12(11)16-7-9-4-5-18-8-9/h2-3,6,9,16H,4-5,7-8,14H2,1H3,(H,15,17). The van der Waals surface area contributed by atoms with Gasteiger partial charge in [0.1, 0.15) is 0 Å². The van der Waals surface area contributed by atoms with Gasteiger partial charge in [-0.3, -0.25) is 4.79 Å². The van der Waals surface area contributed by atoms with E-state index in [-0.39, 0.29) is 5.91 Å². The molecule has 5 nitrogen and oxygen atoms in total. The van der Waals surface area contributed by atoms with Gasteiger partial charge in [0.2, 0.25) is 0 Å². The first-order chi connectivity index (χ1) is 8.70. The van der Waals surface area contributed by atoms with E-state index in [1.165, 1.54) is 0 Å². The average Bonchev–Trinajstić information content (AvgIpc) is 2.88. The van der Waals surface area contributed by atoms with Crippen LogP contribution in [0.4, 0.5) is 11.4 Å². The Balaban J connectivity index is 2.08. The summed E-state index contributed by atoms with van der Waals surface area (Å²) < 4.78 is 5.32. The topological polar surface area (TPSA) is 76.4 Å². The van der Waals surface area contributed by atoms with E-state index >= 15 is 0 Å². The molecule has 1 heterocycles. The van der Waals surface area contributed by atoms with Crippen molar-refractivity contribution in [3.05, 3.63) is 23.8 Å². The van der Waals surface area contributed by atoms with E-state index in [4.69, 9.17) is 10.5 Å². The van der Waals surface area contributed by atoms with Crippen molar-refractivity contribution in [3.8, 4) is 0 Å². The van der Waals surface area contributed by atoms with Crippen molar-refractivity contribution in [2.75, 3.05) is 37.9 Å². The molecule has 98 valence electrons. The fourth-order valence-corrected chi connectivity index (χ4v) is 2.04. The molecule has 0 radical (unpaired) electrons. The van der Waals surface area contributed by atoms with Crippen LogP contribution in [-0.2, 0) is 4.74 Å². The molecule has 1 aliphatic rings. The van der Waals surface area contributed by atoms with Gasteiger partial charge in [-0.2, -0.15) is 0 Å². The van der Waals surface area contributed by atoms with Gasteiger partial charge in [-0.05, 0) is 24.6 Å². The number of amides is 1. The molecule has 2 rings (SSSR count). The van der Waals surface area contributed by atoms with Crippen LogP contribution in [0, 0.1) is 5.92 Å². The normalized spacial score (nSPS) is 18.6. The molecule has 1 atom stereocenters. The Hall–Kier alpha value is -1.75. The van der Waals surface area contributed by atoms with Crippen LogP contribution in [0.2, 0.25) is 0 Å². The molecule has 1 aromatic carbocycles. The molecule has 0 aromatic heterocycles. The zero-order valence-electron chi connectivity index (χ0n) is 10.5. The Morgan fingerprint density at radius 1 is 1.56 bits per heavy atom. The van der Waals surface area contributed by atoms with E-state index in [1.54, 1.807) is 25.2 Å². The van der Waals surface area contributed by atoms with Gasteiger partial charge in [0, 0.05) is 37.5 Å². The lowest BCUT2D eigenvalue weighted by molar-refractivity contribution is 0.0964. The number of anilines is 2. The third kappa shape index (κ3) is 2.92. The van der Waals surface area contributed by atoms with Crippen LogP contribution < -0.4 is 16.4 Å². The Morgan fingerprint density at radius 3 is 3.06 bits per heavy atom. The fraction of sp³-hybridized carbons (Fsp3) is 0.462. The largest absolute Gasteiger partial charge is 0.399 e. The van der Waals surface area contributed by atoms with Gasteiger partial charge in [-0.25, -0.2) is 0 Å². The first-order valence-electron chi connectivity index (χ1n) is 6.14. The van der Waals surface area contributed by atoms with E-state index in [2.05, 4.69) is 10.6 Å². The smallest absolute Gasteiger partial charge is 0.253 e. The van der Waals surface area contributed by atoms with E-state index < -0.39 is 0 Å². The Morgan fingerprint density at radius 2 is 2.39 bits per heavy atom. The number of benzene rings is 1. The van der Waals surface area contributed by atoms with E-state index in [1.807, 2.05) is 0 Å². The molecule has 4 N–H and O–H groups in total. The SMILES string of the molecule is CNC(=O)c1ccc(N)cc1NCC1CCOC1. The zero-order chi connectivity index (χ0) is 13.0. The summed E-state index contributed by atoms with van der Waals surface area (Å²) in [6, 6.07) is 5.26. The maximum absolute atomic E-state index is 11.7. The molecule has 0 aliphatic carbocycles. The van der Waals surface area contributed by atoms with Crippen molar-refractivity contribution in [2.45, 2.75) is 6.42 Å². The summed E-state index contributed by atoms with van der Waals surface area (Å²) in [5.74, 6) is 0.393. The first-order valence-corrected chi connectivity index (χ1v) is 6.14. The van der Waals surface area contributed by atoms with E-state index in [0.29, 0.717) is 17.2 Å². The Labute approximate surface area is 107 Å². The number of carbonyl (C=O) groups is 1. The minimum absolute atomic E-state index is 0.111. The number of nitrogens with two attached hydrogens (primary N) is 1. The van der Waals surface area contributed by atoms with Crippen LogP contribution >= 0.6 is 0 Å². The lowest BCUT2D eigenvalue weighted by Crippen LogP contribution is -2.21. The molecule has 0 saturated carbocycles. The molecule has 0 bridgehead atoms. The van der Waals surface area contributed by atoms with Crippen molar-refractivity contribution in [2.24, 2.45) is 5.92 Å². The predicted octanol–water partition coefficient (Wildman–Crippen LogP) is 1.08. The van der Waals surface area contributed by atoms with Crippen LogP contribution in [0.15, 0.2) is 18.2 Å². The van der Waals surface area contributed by atoms with Gasteiger partial charge in [0.05, 0.1) is 12.2 Å². The molecule has 1 unspecified atom stereocenters. The molecule has 5 heteroatoms. The van der Waals surface area contributed by atoms with Crippen molar-refractivity contribution in [1.29, 1.82) is 0 Å². The van der Waals surface area contributed by atoms with E-state index in [9.17, 15) is 4.79 Å². The highest BCUT2D eigenvalue weighted by atomic mass is 16.5. The quantitative estimate of drug-likeness (QED) is 0.698. The van der Waals surface area contributed by atoms with Gasteiger partial charge >= 0.3 is 0 Å². The summed E-state index contributed by atoms with van der Waals surface area (Å²) in [4.78, 5) is 11.7. The molecule has 1 fully saturated rings. The highest BCUT2D eigenvalue weighted by molar-refractivity contribution is 6.00. The van der Waals surface area contributed by atoms with Crippen LogP contribution in [0.3, 0.4) is 0 Å². The summed E-state index contributed by atoms with van der Waals surface area (Å²) in [7, 11) is 1.62. The lowest BCUT2D eigenvalue weighted by atomic mass is 10.1. The van der Waals surface area contributed by atoms with Crippen LogP contribution in [0.5, 0.6) is 0 Å². The van der Waals surface area contributed by atoms with Crippen LogP contribution in [-0.4, -0.2) is 32.7 Å². The van der Waals surface area contributed by atoms with Gasteiger partial charge in [0.25, 0.3) is 5.91 Å². The van der Waals surface area contributed by atoms with Gasteiger partial charge in [-0.15, -0.1) is 0 Å². The maximum Gasteiger partial charge on any atom is 0.253 e. The summed E-state index contributed by atoms with van der Waals surface area (Å²) >= 11 is 0. The number of hydrogen-bond donors (Lipinski definition) is 3. The van der Waals surface area contributed by atoms with Crippen molar-refractivity contribution in [1.82, 2.24) is 5.32 Å². The van der Waals surface area contributed by atoms with Gasteiger partial charge in [0.15, 0.2) is 0 Å². The second kappa shape index (κ2) is 5.73. The van der Waals surface area contributed by atoms with Crippen LogP contribution in [0.1, 0.15) is 16.8 Å². The molecule has 0 spiro atoms. The molecular formula is C13H19N3O2. The number of nitrogens with one attached hydrogen (secondary N) is 2. The minimum Gasteiger partial charge on any atom is -0.399 e. The molecule has 1 saturated heterocycles.